The first-order chi connectivity index (χ1) is 13.5. The van der Waals surface area contributed by atoms with E-state index in [0.717, 1.165) is 48.4 Å². The highest BCUT2D eigenvalue weighted by Crippen LogP contribution is 2.27. The molecule has 0 aliphatic carbocycles. The van der Waals surface area contributed by atoms with Gasteiger partial charge in [0, 0.05) is 26.2 Å². The Balaban J connectivity index is 0.00000420. The van der Waals surface area contributed by atoms with E-state index in [1.165, 1.54) is 5.56 Å². The normalized spacial score (nSPS) is 11.2. The molecule has 0 atom stereocenters. The van der Waals surface area contributed by atoms with Crippen molar-refractivity contribution in [1.82, 2.24) is 15.4 Å². The van der Waals surface area contributed by atoms with Crippen molar-refractivity contribution in [2.24, 2.45) is 4.99 Å². The van der Waals surface area contributed by atoms with Crippen molar-refractivity contribution in [3.05, 3.63) is 41.3 Å². The third-order valence-corrected chi connectivity index (χ3v) is 4.43. The van der Waals surface area contributed by atoms with E-state index < -0.39 is 0 Å². The molecule has 0 spiro atoms. The summed E-state index contributed by atoms with van der Waals surface area (Å²) in [6, 6.07) is 7.98. The monoisotopic (exact) mass is 516 g/mol. The smallest absolute Gasteiger partial charge is 0.194 e. The van der Waals surface area contributed by atoms with Crippen LogP contribution in [0.15, 0.2) is 33.8 Å². The second-order valence-electron chi connectivity index (χ2n) is 6.90. The molecule has 2 aromatic rings. The van der Waals surface area contributed by atoms with Crippen LogP contribution in [0.5, 0.6) is 11.5 Å². The second kappa shape index (κ2) is 12.6. The first kappa shape index (κ1) is 25.1. The average molecular weight is 516 g/mol. The number of guanidine groups is 1. The Hall–Kier alpha value is -1.97. The van der Waals surface area contributed by atoms with Crippen LogP contribution < -0.4 is 14.8 Å². The van der Waals surface area contributed by atoms with E-state index in [-0.39, 0.29) is 24.0 Å². The Morgan fingerprint density at radius 2 is 1.93 bits per heavy atom. The highest BCUT2D eigenvalue weighted by Gasteiger charge is 2.10. The highest BCUT2D eigenvalue weighted by molar-refractivity contribution is 14.0. The third-order valence-electron chi connectivity index (χ3n) is 4.43. The number of methoxy groups -OCH3 is 2. The van der Waals surface area contributed by atoms with Crippen molar-refractivity contribution in [2.75, 3.05) is 34.4 Å². The molecule has 2 rings (SSSR count). The molecule has 0 unspecified atom stereocenters. The van der Waals surface area contributed by atoms with Crippen molar-refractivity contribution >= 4 is 29.9 Å². The topological polar surface area (TPSA) is 72.1 Å². The van der Waals surface area contributed by atoms with Crippen LogP contribution in [-0.2, 0) is 13.0 Å². The van der Waals surface area contributed by atoms with E-state index >= 15 is 0 Å². The molecule has 0 saturated heterocycles. The van der Waals surface area contributed by atoms with Crippen molar-refractivity contribution in [3.63, 3.8) is 0 Å². The maximum atomic E-state index is 5.38. The van der Waals surface area contributed by atoms with Gasteiger partial charge in [-0.3, -0.25) is 0 Å². The number of nitrogens with one attached hydrogen (secondary N) is 1. The standard InChI is InChI=1S/C21H32N4O3.HI/c1-7-22-21(23-14-17-13-18(15(2)3)24-28-17)25(4)11-10-16-8-9-19(26-5)20(12-16)27-6;/h8-9,12-13,15H,7,10-11,14H2,1-6H3,(H,22,23);1H. The van der Waals surface area contributed by atoms with E-state index in [2.05, 4.69) is 47.2 Å². The summed E-state index contributed by atoms with van der Waals surface area (Å²) in [4.78, 5) is 6.79. The van der Waals surface area contributed by atoms with Gasteiger partial charge in [0.2, 0.25) is 0 Å². The summed E-state index contributed by atoms with van der Waals surface area (Å²) in [6.45, 7) is 8.32. The maximum absolute atomic E-state index is 5.38. The molecule has 0 fully saturated rings. The van der Waals surface area contributed by atoms with E-state index in [1.807, 2.05) is 25.2 Å². The summed E-state index contributed by atoms with van der Waals surface area (Å²) in [5.74, 6) is 3.44. The zero-order chi connectivity index (χ0) is 20.5. The van der Waals surface area contributed by atoms with Gasteiger partial charge in [-0.05, 0) is 37.0 Å². The van der Waals surface area contributed by atoms with E-state index in [0.29, 0.717) is 12.5 Å². The minimum Gasteiger partial charge on any atom is -0.493 e. The lowest BCUT2D eigenvalue weighted by molar-refractivity contribution is 0.354. The number of rotatable bonds is 9. The molecule has 0 aliphatic heterocycles. The van der Waals surface area contributed by atoms with Crippen LogP contribution >= 0.6 is 24.0 Å². The molecular formula is C21H33IN4O3. The van der Waals surface area contributed by atoms with Gasteiger partial charge in [0.05, 0.1) is 19.9 Å². The minimum atomic E-state index is 0. The summed E-state index contributed by atoms with van der Waals surface area (Å²) in [5, 5.41) is 7.42. The zero-order valence-electron chi connectivity index (χ0n) is 18.2. The van der Waals surface area contributed by atoms with Crippen molar-refractivity contribution in [1.29, 1.82) is 0 Å². The van der Waals surface area contributed by atoms with Gasteiger partial charge in [0.1, 0.15) is 6.54 Å². The molecule has 0 aliphatic rings. The van der Waals surface area contributed by atoms with Gasteiger partial charge >= 0.3 is 0 Å². The van der Waals surface area contributed by atoms with Gasteiger partial charge in [-0.25, -0.2) is 4.99 Å². The Labute approximate surface area is 190 Å². The predicted molar refractivity (Wildman–Crippen MR) is 127 cm³/mol. The van der Waals surface area contributed by atoms with Gasteiger partial charge in [-0.1, -0.05) is 25.1 Å². The fourth-order valence-corrected chi connectivity index (χ4v) is 2.74. The van der Waals surface area contributed by atoms with Crippen LogP contribution in [-0.4, -0.2) is 50.4 Å². The van der Waals surface area contributed by atoms with Crippen LogP contribution in [0.3, 0.4) is 0 Å². The van der Waals surface area contributed by atoms with Crippen molar-refractivity contribution in [2.45, 2.75) is 39.7 Å². The number of halogens is 1. The lowest BCUT2D eigenvalue weighted by Gasteiger charge is -2.22. The first-order valence-electron chi connectivity index (χ1n) is 9.64. The Morgan fingerprint density at radius 1 is 1.21 bits per heavy atom. The predicted octanol–water partition coefficient (Wildman–Crippen LogP) is 4.07. The van der Waals surface area contributed by atoms with Crippen LogP contribution in [0.25, 0.3) is 0 Å². The molecular weight excluding hydrogens is 483 g/mol. The number of hydrogen-bond donors (Lipinski definition) is 1. The fraction of sp³-hybridized carbons (Fsp3) is 0.524. The SMILES string of the molecule is CCNC(=NCc1cc(C(C)C)no1)N(C)CCc1ccc(OC)c(OC)c1.I. The van der Waals surface area contributed by atoms with Gasteiger partial charge < -0.3 is 24.2 Å². The Bertz CT molecular complexity index is 777. The number of benzene rings is 1. The van der Waals surface area contributed by atoms with Crippen molar-refractivity contribution < 1.29 is 14.0 Å². The molecule has 0 amide bonds. The number of aliphatic imine (C=N–C) groups is 1. The molecule has 1 N–H and O–H groups in total. The fourth-order valence-electron chi connectivity index (χ4n) is 2.74. The van der Waals surface area contributed by atoms with Gasteiger partial charge in [0.15, 0.2) is 23.2 Å². The van der Waals surface area contributed by atoms with Crippen LogP contribution in [0.2, 0.25) is 0 Å². The van der Waals surface area contributed by atoms with Crippen LogP contribution in [0.4, 0.5) is 0 Å². The number of likely N-dealkylation sites (N-methyl/N-ethyl adjacent to an activating group) is 1. The molecule has 29 heavy (non-hydrogen) atoms. The van der Waals surface area contributed by atoms with Crippen LogP contribution in [0, 0.1) is 0 Å². The zero-order valence-corrected chi connectivity index (χ0v) is 20.5. The summed E-state index contributed by atoms with van der Waals surface area (Å²) < 4.78 is 16.1. The summed E-state index contributed by atoms with van der Waals surface area (Å²) in [7, 11) is 5.32. The van der Waals surface area contributed by atoms with E-state index in [1.54, 1.807) is 14.2 Å². The Morgan fingerprint density at radius 3 is 2.52 bits per heavy atom. The maximum Gasteiger partial charge on any atom is 0.194 e. The number of ether oxygens (including phenoxy) is 2. The lowest BCUT2D eigenvalue weighted by Crippen LogP contribution is -2.39. The quantitative estimate of drug-likeness (QED) is 0.308. The molecule has 162 valence electrons. The Kier molecular flexibility index (Phi) is 10.9. The van der Waals surface area contributed by atoms with Gasteiger partial charge in [-0.2, -0.15) is 0 Å². The molecule has 1 aromatic carbocycles. The third kappa shape index (κ3) is 7.41. The highest BCUT2D eigenvalue weighted by atomic mass is 127. The molecule has 0 saturated carbocycles. The molecule has 0 radical (unpaired) electrons. The van der Waals surface area contributed by atoms with Gasteiger partial charge in [-0.15, -0.1) is 24.0 Å². The number of nitrogens with zero attached hydrogens (tertiary/aromatic N) is 3. The second-order valence-corrected chi connectivity index (χ2v) is 6.90. The van der Waals surface area contributed by atoms with E-state index in [4.69, 9.17) is 14.0 Å². The average Bonchev–Trinajstić information content (AvgIpc) is 3.18. The van der Waals surface area contributed by atoms with E-state index in [9.17, 15) is 0 Å². The molecule has 1 heterocycles. The molecule has 7 nitrogen and oxygen atoms in total. The van der Waals surface area contributed by atoms with Crippen LogP contribution in [0.1, 0.15) is 43.7 Å². The summed E-state index contributed by atoms with van der Waals surface area (Å²) in [6.07, 6.45) is 0.862. The molecule has 0 bridgehead atoms. The van der Waals surface area contributed by atoms with Gasteiger partial charge in [0.25, 0.3) is 0 Å². The van der Waals surface area contributed by atoms with Crippen molar-refractivity contribution in [3.8, 4) is 11.5 Å². The number of hydrogen-bond acceptors (Lipinski definition) is 5. The lowest BCUT2D eigenvalue weighted by atomic mass is 10.1. The summed E-state index contributed by atoms with van der Waals surface area (Å²) in [5.41, 5.74) is 2.13. The minimum absolute atomic E-state index is 0. The first-order valence-corrected chi connectivity index (χ1v) is 9.64. The molecule has 8 heteroatoms. The largest absolute Gasteiger partial charge is 0.493 e. The number of aromatic nitrogens is 1. The summed E-state index contributed by atoms with van der Waals surface area (Å²) >= 11 is 0. The molecule has 1 aromatic heterocycles.